The number of anilines is 2. The van der Waals surface area contributed by atoms with Gasteiger partial charge in [0.15, 0.2) is 11.6 Å². The van der Waals surface area contributed by atoms with Crippen molar-refractivity contribution in [2.24, 2.45) is 0 Å². The maximum absolute atomic E-state index is 14.2. The molecule has 0 saturated carbocycles. The number of aromatic nitrogens is 3. The molecule has 0 unspecified atom stereocenters. The summed E-state index contributed by atoms with van der Waals surface area (Å²) in [6.07, 6.45) is 3.31. The van der Waals surface area contributed by atoms with Crippen LogP contribution in [0.5, 0.6) is 5.75 Å². The molecule has 0 radical (unpaired) electrons. The zero-order valence-electron chi connectivity index (χ0n) is 19.1. The van der Waals surface area contributed by atoms with Crippen molar-refractivity contribution in [1.29, 1.82) is 0 Å². The molecule has 12 heteroatoms. The Balaban J connectivity index is 0.00000342. The summed E-state index contributed by atoms with van der Waals surface area (Å²) in [5, 5.41) is 21.2. The average molecular weight is 540 g/mol. The van der Waals surface area contributed by atoms with Gasteiger partial charge in [0.1, 0.15) is 5.82 Å². The summed E-state index contributed by atoms with van der Waals surface area (Å²) in [6.45, 7) is 2.13. The molecule has 2 heterocycles. The van der Waals surface area contributed by atoms with Crippen molar-refractivity contribution in [2.45, 2.75) is 19.9 Å². The molecule has 2 aromatic carbocycles. The highest BCUT2D eigenvalue weighted by atomic mass is 35.5. The van der Waals surface area contributed by atoms with Crippen LogP contribution in [0.1, 0.15) is 18.1 Å². The number of halogens is 3. The number of sulfonamides is 1. The van der Waals surface area contributed by atoms with Gasteiger partial charge in [0.2, 0.25) is 10.0 Å². The number of nitrogens with one attached hydrogen (secondary N) is 2. The van der Waals surface area contributed by atoms with Crippen LogP contribution in [0.3, 0.4) is 0 Å². The standard InChI is InChI=1S/C23H23ClFN5O3S.ClH/c1-4-13-8-22(31)18(25)9-16(13)19-10-20-17(12-27-29-20)23(28-19)26-11-14-7-15(24)5-6-21(14)30(2)34(3,32)33;/h5-10,12,31H,4,11H2,1-3H3,(H,26,28)(H,27,29);1H. The van der Waals surface area contributed by atoms with Crippen molar-refractivity contribution in [2.75, 3.05) is 22.9 Å². The number of benzene rings is 2. The van der Waals surface area contributed by atoms with Crippen molar-refractivity contribution < 1.29 is 17.9 Å². The van der Waals surface area contributed by atoms with Crippen LogP contribution in [0.2, 0.25) is 5.02 Å². The minimum atomic E-state index is -3.48. The van der Waals surface area contributed by atoms with E-state index >= 15 is 0 Å². The van der Waals surface area contributed by atoms with Crippen molar-refractivity contribution in [3.63, 3.8) is 0 Å². The summed E-state index contributed by atoms with van der Waals surface area (Å²) < 4.78 is 39.6. The second-order valence-corrected chi connectivity index (χ2v) is 10.3. The lowest BCUT2D eigenvalue weighted by Gasteiger charge is -2.21. The molecule has 0 aliphatic carbocycles. The first-order chi connectivity index (χ1) is 16.1. The van der Waals surface area contributed by atoms with E-state index in [1.165, 1.54) is 23.5 Å². The Morgan fingerprint density at radius 2 is 1.94 bits per heavy atom. The Bertz CT molecular complexity index is 1490. The van der Waals surface area contributed by atoms with Crippen LogP contribution in [-0.2, 0) is 23.0 Å². The molecule has 35 heavy (non-hydrogen) atoms. The van der Waals surface area contributed by atoms with Crippen molar-refractivity contribution in [3.8, 4) is 17.0 Å². The van der Waals surface area contributed by atoms with Gasteiger partial charge in [-0.25, -0.2) is 17.8 Å². The number of hydrogen-bond acceptors (Lipinski definition) is 6. The van der Waals surface area contributed by atoms with Crippen LogP contribution in [0, 0.1) is 5.82 Å². The number of nitrogens with zero attached hydrogens (tertiary/aromatic N) is 3. The third-order valence-corrected chi connectivity index (χ3v) is 7.02. The molecular formula is C23H24Cl2FN5O3S. The molecule has 0 bridgehead atoms. The first-order valence-electron chi connectivity index (χ1n) is 10.4. The van der Waals surface area contributed by atoms with Crippen molar-refractivity contribution in [1.82, 2.24) is 15.2 Å². The monoisotopic (exact) mass is 539 g/mol. The van der Waals surface area contributed by atoms with E-state index in [2.05, 4.69) is 15.5 Å². The van der Waals surface area contributed by atoms with Crippen LogP contribution in [-0.4, -0.2) is 42.0 Å². The van der Waals surface area contributed by atoms with Crippen molar-refractivity contribution >= 4 is 56.4 Å². The lowest BCUT2D eigenvalue weighted by molar-refractivity contribution is 0.432. The predicted molar refractivity (Wildman–Crippen MR) is 140 cm³/mol. The average Bonchev–Trinajstić information content (AvgIpc) is 3.27. The van der Waals surface area contributed by atoms with E-state index in [0.717, 1.165) is 11.8 Å². The highest BCUT2D eigenvalue weighted by molar-refractivity contribution is 7.92. The molecule has 186 valence electrons. The van der Waals surface area contributed by atoms with Crippen LogP contribution < -0.4 is 9.62 Å². The van der Waals surface area contributed by atoms with Crippen molar-refractivity contribution in [3.05, 3.63) is 64.6 Å². The number of aromatic amines is 1. The highest BCUT2D eigenvalue weighted by Gasteiger charge is 2.18. The molecule has 0 aliphatic rings. The van der Waals surface area contributed by atoms with E-state index in [4.69, 9.17) is 16.6 Å². The molecule has 0 spiro atoms. The normalized spacial score (nSPS) is 11.3. The number of pyridine rings is 1. The van der Waals surface area contributed by atoms with E-state index in [0.29, 0.717) is 50.7 Å². The number of H-pyrrole nitrogens is 1. The first-order valence-corrected chi connectivity index (χ1v) is 12.6. The molecule has 0 saturated heterocycles. The van der Waals surface area contributed by atoms with Gasteiger partial charge in [0, 0.05) is 24.2 Å². The molecule has 2 aromatic heterocycles. The quantitative estimate of drug-likeness (QED) is 0.300. The summed E-state index contributed by atoms with van der Waals surface area (Å²) >= 11 is 6.18. The fourth-order valence-corrected chi connectivity index (χ4v) is 4.44. The summed E-state index contributed by atoms with van der Waals surface area (Å²) in [5.74, 6) is -0.671. The molecule has 0 amide bonds. The lowest BCUT2D eigenvalue weighted by Crippen LogP contribution is -2.26. The van der Waals surface area contributed by atoms with E-state index in [1.54, 1.807) is 30.5 Å². The summed E-state index contributed by atoms with van der Waals surface area (Å²) in [6, 6.07) is 9.38. The fraction of sp³-hybridized carbons (Fsp3) is 0.217. The van der Waals surface area contributed by atoms with E-state index in [9.17, 15) is 17.9 Å². The number of phenolic OH excluding ortho intramolecular Hbond substituents is 1. The zero-order chi connectivity index (χ0) is 24.6. The Morgan fingerprint density at radius 3 is 2.63 bits per heavy atom. The number of rotatable bonds is 7. The third-order valence-electron chi connectivity index (χ3n) is 5.59. The maximum atomic E-state index is 14.2. The number of fused-ring (bicyclic) bond motifs is 1. The van der Waals surface area contributed by atoms with Gasteiger partial charge >= 0.3 is 0 Å². The number of phenols is 1. The smallest absolute Gasteiger partial charge is 0.232 e. The fourth-order valence-electron chi connectivity index (χ4n) is 3.71. The largest absolute Gasteiger partial charge is 0.505 e. The molecule has 8 nitrogen and oxygen atoms in total. The highest BCUT2D eigenvalue weighted by Crippen LogP contribution is 2.33. The Labute approximate surface area is 213 Å². The van der Waals surface area contributed by atoms with Crippen LogP contribution in [0.25, 0.3) is 22.2 Å². The number of hydrogen-bond donors (Lipinski definition) is 3. The predicted octanol–water partition coefficient (Wildman–Crippen LogP) is 5.12. The van der Waals surface area contributed by atoms with E-state index in [1.807, 2.05) is 6.92 Å². The molecule has 3 N–H and O–H groups in total. The first kappa shape index (κ1) is 26.5. The van der Waals surface area contributed by atoms with Gasteiger partial charge in [-0.2, -0.15) is 5.10 Å². The van der Waals surface area contributed by atoms with Gasteiger partial charge in [0.05, 0.1) is 34.7 Å². The molecule has 4 aromatic rings. The van der Waals surface area contributed by atoms with Gasteiger partial charge in [-0.05, 0) is 53.9 Å². The Kier molecular flexibility index (Phi) is 7.78. The molecule has 4 rings (SSSR count). The molecular weight excluding hydrogens is 516 g/mol. The maximum Gasteiger partial charge on any atom is 0.232 e. The van der Waals surface area contributed by atoms with E-state index < -0.39 is 21.6 Å². The van der Waals surface area contributed by atoms with Gasteiger partial charge in [0.25, 0.3) is 0 Å². The third kappa shape index (κ3) is 5.44. The topological polar surface area (TPSA) is 111 Å². The van der Waals surface area contributed by atoms with E-state index in [-0.39, 0.29) is 19.0 Å². The minimum Gasteiger partial charge on any atom is -0.505 e. The Hall–Kier alpha value is -3.08. The second kappa shape index (κ2) is 10.3. The summed E-state index contributed by atoms with van der Waals surface area (Å²) in [5.41, 5.74) is 3.60. The van der Waals surface area contributed by atoms with Crippen LogP contribution >= 0.6 is 24.0 Å². The number of aromatic hydroxyl groups is 1. The molecule has 0 atom stereocenters. The minimum absolute atomic E-state index is 0. The second-order valence-electron chi connectivity index (χ2n) is 7.86. The molecule has 0 fully saturated rings. The lowest BCUT2D eigenvalue weighted by atomic mass is 10.0. The van der Waals surface area contributed by atoms with Crippen LogP contribution in [0.4, 0.5) is 15.9 Å². The van der Waals surface area contributed by atoms with Gasteiger partial charge in [-0.15, -0.1) is 12.4 Å². The van der Waals surface area contributed by atoms with Gasteiger partial charge in [-0.1, -0.05) is 18.5 Å². The number of aryl methyl sites for hydroxylation is 1. The summed E-state index contributed by atoms with van der Waals surface area (Å²) in [4.78, 5) is 4.70. The zero-order valence-corrected chi connectivity index (χ0v) is 21.5. The molecule has 0 aliphatic heterocycles. The summed E-state index contributed by atoms with van der Waals surface area (Å²) in [7, 11) is -2.01. The Morgan fingerprint density at radius 1 is 1.20 bits per heavy atom. The van der Waals surface area contributed by atoms with Gasteiger partial charge in [-0.3, -0.25) is 9.40 Å². The van der Waals surface area contributed by atoms with Gasteiger partial charge < -0.3 is 10.4 Å². The van der Waals surface area contributed by atoms with Crippen LogP contribution in [0.15, 0.2) is 42.6 Å². The SMILES string of the molecule is CCc1cc(O)c(F)cc1-c1cc2[nH]ncc2c(NCc2cc(Cl)ccc2N(C)S(C)(=O)=O)n1.Cl.